The van der Waals surface area contributed by atoms with E-state index in [1.54, 1.807) is 4.90 Å². The summed E-state index contributed by atoms with van der Waals surface area (Å²) in [5.41, 5.74) is 2.83. The maximum atomic E-state index is 14.8. The van der Waals surface area contributed by atoms with Crippen LogP contribution in [0.15, 0.2) is 78.9 Å². The summed E-state index contributed by atoms with van der Waals surface area (Å²) < 4.78 is 0. The van der Waals surface area contributed by atoms with Crippen LogP contribution in [0, 0.1) is 10.8 Å². The van der Waals surface area contributed by atoms with E-state index in [0.29, 0.717) is 40.7 Å². The van der Waals surface area contributed by atoms with Crippen LogP contribution in [0.2, 0.25) is 0 Å². The van der Waals surface area contributed by atoms with E-state index in [2.05, 4.69) is 36.4 Å². The third-order valence-electron chi connectivity index (χ3n) is 12.6. The third kappa shape index (κ3) is 10.6. The van der Waals surface area contributed by atoms with Crippen LogP contribution >= 0.6 is 0 Å². The predicted octanol–water partition coefficient (Wildman–Crippen LogP) is 7.11. The van der Waals surface area contributed by atoms with Crippen molar-refractivity contribution >= 4 is 63.6 Å². The number of nitrogens with one attached hydrogen (secondary N) is 7. The van der Waals surface area contributed by atoms with E-state index in [0.717, 1.165) is 115 Å². The maximum Gasteiger partial charge on any atom is 0.277 e. The van der Waals surface area contributed by atoms with Gasteiger partial charge in [-0.1, -0.05) is 43.9 Å². The molecule has 326 valence electrons. The van der Waals surface area contributed by atoms with E-state index in [-0.39, 0.29) is 29.4 Å². The number of para-hydroxylation sites is 1. The first-order valence-electron chi connectivity index (χ1n) is 22.9. The highest BCUT2D eigenvalue weighted by Crippen LogP contribution is 2.31. The molecule has 4 fully saturated rings. The monoisotopic (exact) mass is 839 g/mol. The van der Waals surface area contributed by atoms with Crippen molar-refractivity contribution in [3.8, 4) is 0 Å². The van der Waals surface area contributed by atoms with Crippen LogP contribution in [0.4, 0.5) is 40.3 Å². The number of rotatable bonds is 13. The standard InChI is InChI=1S/C48H62N12O2/c49-43(47(61)55-36-15-12-26-52-33-36)39-20-22-41(58-29-8-1-2-9-30-58)56-45(39)54-35-16-18-37(19-17-35)60(38-24-27-51-28-25-38)48(62)44(50)40-21-23-42(59-31-10-3-4-11-32-59)57-46(40)53-34-13-6-5-7-14-34/h5-7,13-14,16-23,36,38,49-52H,1-4,8-12,15,24-33H2,(H,53,57)(H,54,56)(H,55,61). The lowest BCUT2D eigenvalue weighted by Crippen LogP contribution is -2.49. The second-order valence-electron chi connectivity index (χ2n) is 17.0. The number of hydrogen-bond acceptors (Lipinski definition) is 12. The van der Waals surface area contributed by atoms with Gasteiger partial charge in [0.1, 0.15) is 34.7 Å². The van der Waals surface area contributed by atoms with Gasteiger partial charge < -0.3 is 41.3 Å². The fraction of sp³-hybridized carbons (Fsp3) is 0.458. The quantitative estimate of drug-likeness (QED) is 0.0687. The van der Waals surface area contributed by atoms with Crippen molar-refractivity contribution in [3.63, 3.8) is 0 Å². The van der Waals surface area contributed by atoms with Crippen LogP contribution in [-0.4, -0.2) is 97.6 Å². The number of hydrogen-bond donors (Lipinski definition) is 7. The predicted molar refractivity (Wildman–Crippen MR) is 250 cm³/mol. The van der Waals surface area contributed by atoms with Gasteiger partial charge >= 0.3 is 0 Å². The van der Waals surface area contributed by atoms with E-state index < -0.39 is 5.91 Å². The van der Waals surface area contributed by atoms with Gasteiger partial charge in [-0.15, -0.1) is 0 Å². The molecule has 4 aliphatic heterocycles. The summed E-state index contributed by atoms with van der Waals surface area (Å²) in [5.74, 6) is 1.77. The highest BCUT2D eigenvalue weighted by Gasteiger charge is 2.32. The number of amides is 2. The Morgan fingerprint density at radius 2 is 1.15 bits per heavy atom. The number of benzene rings is 2. The maximum absolute atomic E-state index is 14.8. The Hall–Kier alpha value is -5.86. The Labute approximate surface area is 365 Å². The van der Waals surface area contributed by atoms with Gasteiger partial charge in [-0.05, 0) is 132 Å². The molecule has 2 aromatic carbocycles. The molecule has 6 heterocycles. The van der Waals surface area contributed by atoms with E-state index in [1.165, 1.54) is 25.7 Å². The molecule has 7 N–H and O–H groups in total. The Balaban J connectivity index is 1.07. The molecule has 0 spiro atoms. The molecular weight excluding hydrogens is 777 g/mol. The van der Waals surface area contributed by atoms with E-state index >= 15 is 0 Å². The van der Waals surface area contributed by atoms with Gasteiger partial charge in [0.2, 0.25) is 0 Å². The van der Waals surface area contributed by atoms with Gasteiger partial charge in [-0.25, -0.2) is 9.97 Å². The molecule has 1 unspecified atom stereocenters. The first-order chi connectivity index (χ1) is 30.4. The summed E-state index contributed by atoms with van der Waals surface area (Å²) in [6.45, 7) is 6.84. The van der Waals surface area contributed by atoms with Crippen molar-refractivity contribution < 1.29 is 9.59 Å². The van der Waals surface area contributed by atoms with Crippen molar-refractivity contribution in [2.75, 3.05) is 77.7 Å². The van der Waals surface area contributed by atoms with Crippen LogP contribution < -0.4 is 41.3 Å². The van der Waals surface area contributed by atoms with Crippen molar-refractivity contribution in [3.05, 3.63) is 90.0 Å². The van der Waals surface area contributed by atoms with Gasteiger partial charge in [-0.2, -0.15) is 0 Å². The summed E-state index contributed by atoms with van der Waals surface area (Å²) >= 11 is 0. The highest BCUT2D eigenvalue weighted by molar-refractivity contribution is 6.49. The molecule has 0 radical (unpaired) electrons. The summed E-state index contributed by atoms with van der Waals surface area (Å²) in [6, 6.07) is 24.9. The average Bonchev–Trinajstić information content (AvgIpc) is 3.77. The molecule has 14 heteroatoms. The average molecular weight is 839 g/mol. The van der Waals surface area contributed by atoms with Crippen molar-refractivity contribution in [2.45, 2.75) is 89.1 Å². The molecule has 1 atom stereocenters. The van der Waals surface area contributed by atoms with Gasteiger partial charge in [0, 0.05) is 73.0 Å². The zero-order chi connectivity index (χ0) is 42.7. The van der Waals surface area contributed by atoms with Gasteiger partial charge in [0.05, 0.1) is 0 Å². The first-order valence-corrected chi connectivity index (χ1v) is 22.9. The zero-order valence-corrected chi connectivity index (χ0v) is 35.9. The molecule has 0 bridgehead atoms. The molecule has 14 nitrogen and oxygen atoms in total. The van der Waals surface area contributed by atoms with Gasteiger partial charge in [0.25, 0.3) is 11.8 Å². The Bertz CT molecular complexity index is 2150. The topological polar surface area (TPSA) is 177 Å². The Kier molecular flexibility index (Phi) is 14.4. The largest absolute Gasteiger partial charge is 0.357 e. The van der Waals surface area contributed by atoms with E-state index in [9.17, 15) is 15.0 Å². The van der Waals surface area contributed by atoms with E-state index in [1.807, 2.05) is 78.9 Å². The number of piperidine rings is 2. The molecule has 2 amide bonds. The van der Waals surface area contributed by atoms with Gasteiger partial charge in [0.15, 0.2) is 0 Å². The van der Waals surface area contributed by atoms with Crippen molar-refractivity contribution in [2.24, 2.45) is 0 Å². The fourth-order valence-electron chi connectivity index (χ4n) is 9.09. The number of aromatic nitrogens is 2. The molecule has 0 saturated carbocycles. The van der Waals surface area contributed by atoms with Crippen LogP contribution in [0.25, 0.3) is 0 Å². The highest BCUT2D eigenvalue weighted by atomic mass is 16.2. The lowest BCUT2D eigenvalue weighted by molar-refractivity contribution is -0.115. The molecule has 0 aliphatic carbocycles. The van der Waals surface area contributed by atoms with Crippen LogP contribution in [0.1, 0.15) is 88.2 Å². The number of carbonyl (C=O) groups excluding carboxylic acids is 2. The summed E-state index contributed by atoms with van der Waals surface area (Å²) in [5, 5.41) is 35.2. The summed E-state index contributed by atoms with van der Waals surface area (Å²) in [7, 11) is 0. The number of anilines is 7. The van der Waals surface area contributed by atoms with E-state index in [4.69, 9.17) is 15.4 Å². The number of carbonyl (C=O) groups is 2. The number of nitrogens with zero attached hydrogens (tertiary/aromatic N) is 5. The number of pyridine rings is 2. The SMILES string of the molecule is N=C(C(=O)NC1CCCNC1)c1ccc(N2CCCCCC2)nc1Nc1ccc(N(C(=O)C(=N)c2ccc(N3CCCCCC3)nc2Nc2ccccc2)C2CCNCC2)cc1. The minimum Gasteiger partial charge on any atom is -0.357 e. The Morgan fingerprint density at radius 1 is 0.597 bits per heavy atom. The fourth-order valence-corrected chi connectivity index (χ4v) is 9.09. The Morgan fingerprint density at radius 3 is 1.69 bits per heavy atom. The first kappa shape index (κ1) is 42.8. The minimum atomic E-state index is -0.422. The van der Waals surface area contributed by atoms with Gasteiger partial charge in [-0.3, -0.25) is 20.4 Å². The molecule has 4 aromatic rings. The second kappa shape index (κ2) is 20.8. The summed E-state index contributed by atoms with van der Waals surface area (Å²) in [6.07, 6.45) is 12.6. The van der Waals surface area contributed by atoms with Crippen molar-refractivity contribution in [1.82, 2.24) is 25.9 Å². The summed E-state index contributed by atoms with van der Waals surface area (Å²) in [4.78, 5) is 44.8. The lowest BCUT2D eigenvalue weighted by atomic mass is 10.0. The second-order valence-corrected chi connectivity index (χ2v) is 17.0. The zero-order valence-electron chi connectivity index (χ0n) is 35.9. The van der Waals surface area contributed by atoms with Crippen LogP contribution in [0.5, 0.6) is 0 Å². The molecular formula is C48H62N12O2. The van der Waals surface area contributed by atoms with Crippen LogP contribution in [-0.2, 0) is 9.59 Å². The smallest absolute Gasteiger partial charge is 0.277 e. The lowest BCUT2D eigenvalue weighted by Gasteiger charge is -2.35. The molecule has 2 aromatic heterocycles. The van der Waals surface area contributed by atoms with Crippen LogP contribution in [0.3, 0.4) is 0 Å². The molecule has 62 heavy (non-hydrogen) atoms. The molecule has 8 rings (SSSR count). The molecule has 4 saturated heterocycles. The third-order valence-corrected chi connectivity index (χ3v) is 12.6. The van der Waals surface area contributed by atoms with Crippen molar-refractivity contribution in [1.29, 1.82) is 10.8 Å². The molecule has 4 aliphatic rings. The normalized spacial score (nSPS) is 18.8. The minimum absolute atomic E-state index is 0.0245.